The minimum atomic E-state index is -0.273. The first-order valence-corrected chi connectivity index (χ1v) is 8.29. The molecule has 5 nitrogen and oxygen atoms in total. The molecule has 4 aliphatic rings. The number of hydrogen-bond donors (Lipinski definition) is 0. The van der Waals surface area contributed by atoms with Gasteiger partial charge in [0.1, 0.15) is 0 Å². The number of ketones is 1. The summed E-state index contributed by atoms with van der Waals surface area (Å²) >= 11 is 0. The number of likely N-dealkylation sites (tertiary alicyclic amines) is 1. The Hall–Kier alpha value is -2.27. The zero-order valence-corrected chi connectivity index (χ0v) is 13.8. The molecule has 1 aromatic rings. The summed E-state index contributed by atoms with van der Waals surface area (Å²) in [7, 11) is 3.70. The Balaban J connectivity index is 1.78. The third-order valence-electron chi connectivity index (χ3n) is 5.88. The van der Waals surface area contributed by atoms with Gasteiger partial charge in [-0.2, -0.15) is 0 Å². The predicted octanol–water partition coefficient (Wildman–Crippen LogP) is 1.95. The highest BCUT2D eigenvalue weighted by atomic mass is 16.7. The Morgan fingerprint density at radius 1 is 1.29 bits per heavy atom. The minimum absolute atomic E-state index is 0.0346. The summed E-state index contributed by atoms with van der Waals surface area (Å²) in [6.45, 7) is 1.26. The van der Waals surface area contributed by atoms with Crippen LogP contribution < -0.4 is 9.47 Å². The maximum absolute atomic E-state index is 12.4. The normalized spacial score (nSPS) is 30.2. The van der Waals surface area contributed by atoms with Crippen LogP contribution in [0.15, 0.2) is 35.6 Å². The van der Waals surface area contributed by atoms with Crippen molar-refractivity contribution in [2.75, 3.05) is 27.5 Å². The van der Waals surface area contributed by atoms with E-state index in [9.17, 15) is 4.79 Å². The van der Waals surface area contributed by atoms with Gasteiger partial charge in [-0.1, -0.05) is 0 Å². The molecule has 1 fully saturated rings. The van der Waals surface area contributed by atoms with Crippen molar-refractivity contribution < 1.29 is 19.0 Å². The van der Waals surface area contributed by atoms with Gasteiger partial charge in [0.15, 0.2) is 17.3 Å². The summed E-state index contributed by atoms with van der Waals surface area (Å²) in [5.41, 5.74) is 3.41. The van der Waals surface area contributed by atoms with Gasteiger partial charge >= 0.3 is 0 Å². The Kier molecular flexibility index (Phi) is 2.72. The highest BCUT2D eigenvalue weighted by Crippen LogP contribution is 2.53. The number of allylic oxidation sites excluding steroid dienone is 2. The van der Waals surface area contributed by atoms with Crippen LogP contribution in [0.4, 0.5) is 0 Å². The molecule has 0 spiro atoms. The lowest BCUT2D eigenvalue weighted by atomic mass is 9.59. The fourth-order valence-corrected chi connectivity index (χ4v) is 4.65. The first-order valence-electron chi connectivity index (χ1n) is 8.29. The fourth-order valence-electron chi connectivity index (χ4n) is 4.65. The van der Waals surface area contributed by atoms with Gasteiger partial charge in [-0.15, -0.1) is 0 Å². The van der Waals surface area contributed by atoms with E-state index in [0.29, 0.717) is 5.76 Å². The number of rotatable bonds is 1. The minimum Gasteiger partial charge on any atom is -0.493 e. The van der Waals surface area contributed by atoms with Gasteiger partial charge in [0.25, 0.3) is 0 Å². The van der Waals surface area contributed by atoms with Crippen molar-refractivity contribution in [3.05, 3.63) is 46.7 Å². The SMILES string of the molecule is COC1=C[C@@]23CCN(C)[C@H](Cc4cc5c(cc42)OCO5)C3=CC1=O. The van der Waals surface area contributed by atoms with Crippen LogP contribution in [0.5, 0.6) is 11.5 Å². The molecule has 0 saturated carbocycles. The van der Waals surface area contributed by atoms with Crippen LogP contribution in [0.25, 0.3) is 0 Å². The Labute approximate surface area is 140 Å². The van der Waals surface area contributed by atoms with Crippen LogP contribution >= 0.6 is 0 Å². The van der Waals surface area contributed by atoms with Gasteiger partial charge in [-0.25, -0.2) is 0 Å². The molecule has 2 heterocycles. The molecule has 1 aromatic carbocycles. The van der Waals surface area contributed by atoms with Gasteiger partial charge in [0.05, 0.1) is 7.11 Å². The second-order valence-corrected chi connectivity index (χ2v) is 6.96. The highest BCUT2D eigenvalue weighted by molar-refractivity contribution is 6.05. The molecule has 5 heteroatoms. The summed E-state index contributed by atoms with van der Waals surface area (Å²) < 4.78 is 16.5. The molecular weight excluding hydrogens is 306 g/mol. The number of carbonyl (C=O) groups excluding carboxylic acids is 1. The second kappa shape index (κ2) is 4.63. The number of carbonyl (C=O) groups is 1. The summed E-state index contributed by atoms with van der Waals surface area (Å²) in [5, 5.41) is 0. The number of fused-ring (bicyclic) bond motifs is 2. The number of hydrogen-bond acceptors (Lipinski definition) is 5. The maximum atomic E-state index is 12.4. The van der Waals surface area contributed by atoms with Crippen molar-refractivity contribution >= 4 is 5.78 Å². The van der Waals surface area contributed by atoms with Crippen LogP contribution in [-0.4, -0.2) is 44.2 Å². The first-order chi connectivity index (χ1) is 11.6. The molecule has 2 bridgehead atoms. The number of benzene rings is 1. The molecule has 0 aromatic heterocycles. The summed E-state index contributed by atoms with van der Waals surface area (Å²) in [4.78, 5) is 14.7. The van der Waals surface area contributed by atoms with Crippen molar-refractivity contribution in [2.24, 2.45) is 0 Å². The zero-order chi connectivity index (χ0) is 16.5. The van der Waals surface area contributed by atoms with Crippen LogP contribution in [0.2, 0.25) is 0 Å². The number of methoxy groups -OCH3 is 1. The predicted molar refractivity (Wildman–Crippen MR) is 87.2 cm³/mol. The zero-order valence-electron chi connectivity index (χ0n) is 13.8. The van der Waals surface area contributed by atoms with Crippen molar-refractivity contribution in [1.82, 2.24) is 4.90 Å². The lowest BCUT2D eigenvalue weighted by Crippen LogP contribution is -2.54. The van der Waals surface area contributed by atoms with Gasteiger partial charge < -0.3 is 14.2 Å². The molecule has 24 heavy (non-hydrogen) atoms. The Morgan fingerprint density at radius 3 is 2.88 bits per heavy atom. The molecule has 5 rings (SSSR count). The summed E-state index contributed by atoms with van der Waals surface area (Å²) in [6.07, 6.45) is 5.65. The summed E-state index contributed by atoms with van der Waals surface area (Å²) in [6, 6.07) is 4.45. The van der Waals surface area contributed by atoms with Gasteiger partial charge in [0.2, 0.25) is 12.6 Å². The Morgan fingerprint density at radius 2 is 2.08 bits per heavy atom. The van der Waals surface area contributed by atoms with Gasteiger partial charge in [0, 0.05) is 11.5 Å². The Bertz CT molecular complexity index is 825. The quantitative estimate of drug-likeness (QED) is 0.790. The molecule has 0 amide bonds. The largest absolute Gasteiger partial charge is 0.493 e. The number of likely N-dealkylation sites (N-methyl/N-ethyl adjacent to an activating group) is 1. The highest BCUT2D eigenvalue weighted by Gasteiger charge is 2.50. The second-order valence-electron chi connectivity index (χ2n) is 6.96. The van der Waals surface area contributed by atoms with E-state index >= 15 is 0 Å². The van der Waals surface area contributed by atoms with E-state index in [2.05, 4.69) is 24.1 Å². The van der Waals surface area contributed by atoms with E-state index in [4.69, 9.17) is 14.2 Å². The molecule has 1 saturated heterocycles. The monoisotopic (exact) mass is 325 g/mol. The van der Waals surface area contributed by atoms with E-state index in [0.717, 1.165) is 30.9 Å². The third-order valence-corrected chi connectivity index (χ3v) is 5.88. The fraction of sp³-hybridized carbons (Fsp3) is 0.421. The summed E-state index contributed by atoms with van der Waals surface area (Å²) in [5.74, 6) is 2.02. The van der Waals surface area contributed by atoms with Crippen molar-refractivity contribution in [2.45, 2.75) is 24.3 Å². The van der Waals surface area contributed by atoms with Crippen LogP contribution in [0.3, 0.4) is 0 Å². The maximum Gasteiger partial charge on any atom is 0.231 e. The molecule has 2 aliphatic heterocycles. The molecule has 2 atom stereocenters. The standard InChI is InChI=1S/C19H19NO4/c1-20-4-3-19-9-18(22-2)15(21)7-13(19)14(20)5-11-6-16-17(8-12(11)19)24-10-23-16/h6-9,14H,3-5,10H2,1-2H3/t14-,19+/m1/s1. The number of ether oxygens (including phenoxy) is 3. The van der Waals surface area contributed by atoms with Gasteiger partial charge in [-0.3, -0.25) is 9.69 Å². The third kappa shape index (κ3) is 1.65. The van der Waals surface area contributed by atoms with E-state index in [1.807, 2.05) is 6.08 Å². The number of nitrogens with zero attached hydrogens (tertiary/aromatic N) is 1. The van der Waals surface area contributed by atoms with Crippen LogP contribution in [0.1, 0.15) is 17.5 Å². The van der Waals surface area contributed by atoms with Crippen molar-refractivity contribution in [3.8, 4) is 11.5 Å². The van der Waals surface area contributed by atoms with Crippen LogP contribution in [-0.2, 0) is 21.4 Å². The van der Waals surface area contributed by atoms with E-state index in [1.54, 1.807) is 13.2 Å². The smallest absolute Gasteiger partial charge is 0.231 e. The average Bonchev–Trinajstić information content (AvgIpc) is 3.04. The van der Waals surface area contributed by atoms with Gasteiger partial charge in [-0.05, 0) is 67.4 Å². The first kappa shape index (κ1) is 14.1. The topological polar surface area (TPSA) is 48.0 Å². The lowest BCUT2D eigenvalue weighted by Gasteiger charge is -2.52. The molecular formula is C19H19NO4. The van der Waals surface area contributed by atoms with E-state index < -0.39 is 0 Å². The lowest BCUT2D eigenvalue weighted by molar-refractivity contribution is -0.114. The molecule has 0 radical (unpaired) electrons. The van der Waals surface area contributed by atoms with E-state index in [-0.39, 0.29) is 24.0 Å². The average molecular weight is 325 g/mol. The molecule has 124 valence electrons. The van der Waals surface area contributed by atoms with E-state index in [1.165, 1.54) is 16.7 Å². The molecule has 0 unspecified atom stereocenters. The molecule has 2 aliphatic carbocycles. The van der Waals surface area contributed by atoms with Crippen LogP contribution in [0, 0.1) is 0 Å². The number of piperidine rings is 1. The van der Waals surface area contributed by atoms with Crippen molar-refractivity contribution in [1.29, 1.82) is 0 Å². The molecule has 0 N–H and O–H groups in total. The van der Waals surface area contributed by atoms with Crippen molar-refractivity contribution in [3.63, 3.8) is 0 Å².